The summed E-state index contributed by atoms with van der Waals surface area (Å²) in [4.78, 5) is 4.53. The van der Waals surface area contributed by atoms with E-state index in [1.165, 1.54) is 0 Å². The highest BCUT2D eigenvalue weighted by atomic mass is 79.9. The van der Waals surface area contributed by atoms with Crippen LogP contribution in [0.3, 0.4) is 0 Å². The highest BCUT2D eigenvalue weighted by Crippen LogP contribution is 2.35. The minimum atomic E-state index is 0.733. The van der Waals surface area contributed by atoms with Crippen LogP contribution in [-0.4, -0.2) is 4.98 Å². The molecule has 0 spiro atoms. The summed E-state index contributed by atoms with van der Waals surface area (Å²) in [6.07, 6.45) is 0. The number of rotatable bonds is 2. The zero-order valence-corrected chi connectivity index (χ0v) is 14.2. The van der Waals surface area contributed by atoms with Gasteiger partial charge < -0.3 is 5.32 Å². The van der Waals surface area contributed by atoms with Crippen LogP contribution >= 0.6 is 54.8 Å². The molecule has 2 aromatic carbocycles. The number of nitrogens with one attached hydrogen (secondary N) is 1. The Bertz CT molecular complexity index is 757. The average molecular weight is 419 g/mol. The van der Waals surface area contributed by atoms with E-state index in [9.17, 15) is 0 Å². The summed E-state index contributed by atoms with van der Waals surface area (Å²) in [5.41, 5.74) is 1.87. The van der Waals surface area contributed by atoms with Crippen LogP contribution in [-0.2, 0) is 0 Å². The number of halogens is 3. The predicted molar refractivity (Wildman–Crippen MR) is 89.8 cm³/mol. The molecule has 0 amide bonds. The van der Waals surface area contributed by atoms with Crippen LogP contribution in [0.5, 0.6) is 0 Å². The van der Waals surface area contributed by atoms with Crippen molar-refractivity contribution in [1.29, 1.82) is 0 Å². The molecule has 6 heteroatoms. The molecule has 1 aromatic heterocycles. The molecule has 0 bridgehead atoms. The van der Waals surface area contributed by atoms with E-state index >= 15 is 0 Å². The normalized spacial score (nSPS) is 10.9. The molecule has 19 heavy (non-hydrogen) atoms. The van der Waals surface area contributed by atoms with Crippen molar-refractivity contribution in [2.45, 2.75) is 0 Å². The summed E-state index contributed by atoms with van der Waals surface area (Å²) < 4.78 is 3.00. The third-order valence-electron chi connectivity index (χ3n) is 2.54. The van der Waals surface area contributed by atoms with Gasteiger partial charge in [0.05, 0.1) is 20.9 Å². The van der Waals surface area contributed by atoms with Crippen molar-refractivity contribution in [3.63, 3.8) is 0 Å². The molecule has 1 N–H and O–H groups in total. The summed E-state index contributed by atoms with van der Waals surface area (Å²) in [7, 11) is 0. The molecule has 0 aliphatic heterocycles. The van der Waals surface area contributed by atoms with Crippen molar-refractivity contribution < 1.29 is 0 Å². The average Bonchev–Trinajstić information content (AvgIpc) is 2.78. The van der Waals surface area contributed by atoms with Crippen molar-refractivity contribution >= 4 is 75.8 Å². The first kappa shape index (κ1) is 13.4. The van der Waals surface area contributed by atoms with Gasteiger partial charge in [-0.05, 0) is 46.3 Å². The minimum Gasteiger partial charge on any atom is -0.331 e. The number of hydrogen-bond acceptors (Lipinski definition) is 3. The Labute approximate surface area is 136 Å². The molecule has 0 atom stereocenters. The fraction of sp³-hybridized carbons (Fsp3) is 0. The number of hydrogen-bond donors (Lipinski definition) is 1. The summed E-state index contributed by atoms with van der Waals surface area (Å²) >= 11 is 14.7. The first-order valence-corrected chi connectivity index (χ1v) is 8.18. The zero-order chi connectivity index (χ0) is 13.4. The molecule has 0 aliphatic rings. The van der Waals surface area contributed by atoms with Gasteiger partial charge in [-0.2, -0.15) is 0 Å². The maximum Gasteiger partial charge on any atom is 0.188 e. The lowest BCUT2D eigenvalue weighted by atomic mass is 10.3. The summed E-state index contributed by atoms with van der Waals surface area (Å²) in [6, 6.07) is 11.7. The molecular weight excluding hydrogens is 411 g/mol. The van der Waals surface area contributed by atoms with Crippen molar-refractivity contribution in [1.82, 2.24) is 4.98 Å². The second kappa shape index (κ2) is 5.40. The Kier molecular flexibility index (Phi) is 3.80. The third kappa shape index (κ3) is 2.79. The topological polar surface area (TPSA) is 24.9 Å². The molecule has 0 saturated heterocycles. The van der Waals surface area contributed by atoms with Crippen LogP contribution < -0.4 is 5.32 Å². The predicted octanol–water partition coefficient (Wildman–Crippen LogP) is 6.22. The number of thiazole rings is 1. The van der Waals surface area contributed by atoms with Gasteiger partial charge in [0.15, 0.2) is 5.13 Å². The first-order valence-electron chi connectivity index (χ1n) is 5.40. The standard InChI is InChI=1S/C13H7Br2ClN2S/c14-7-4-5-8(15)11(6-7)18-13-17-10-3-1-2-9(16)12(10)19-13/h1-6H,(H,17,18). The van der Waals surface area contributed by atoms with Gasteiger partial charge in [-0.15, -0.1) is 0 Å². The number of aromatic nitrogens is 1. The Morgan fingerprint density at radius 1 is 1.16 bits per heavy atom. The number of nitrogens with zero attached hydrogens (tertiary/aromatic N) is 1. The van der Waals surface area contributed by atoms with Crippen molar-refractivity contribution in [3.05, 3.63) is 50.4 Å². The van der Waals surface area contributed by atoms with Crippen molar-refractivity contribution in [3.8, 4) is 0 Å². The van der Waals surface area contributed by atoms with E-state index in [1.54, 1.807) is 11.3 Å². The van der Waals surface area contributed by atoms with Crippen molar-refractivity contribution in [2.75, 3.05) is 5.32 Å². The molecule has 3 rings (SSSR count). The first-order chi connectivity index (χ1) is 9.13. The highest BCUT2D eigenvalue weighted by molar-refractivity contribution is 9.11. The third-order valence-corrected chi connectivity index (χ3v) is 5.17. The summed E-state index contributed by atoms with van der Waals surface area (Å²) in [6.45, 7) is 0. The van der Waals surface area contributed by atoms with Crippen LogP contribution in [0.1, 0.15) is 0 Å². The quantitative estimate of drug-likeness (QED) is 0.534. The van der Waals surface area contributed by atoms with Crippen LogP contribution in [0.15, 0.2) is 45.3 Å². The largest absolute Gasteiger partial charge is 0.331 e. The fourth-order valence-corrected chi connectivity index (χ4v) is 3.55. The van der Waals surface area contributed by atoms with Gasteiger partial charge in [0, 0.05) is 8.95 Å². The van der Waals surface area contributed by atoms with Crippen LogP contribution in [0.2, 0.25) is 5.02 Å². The Balaban J connectivity index is 2.01. The van der Waals surface area contributed by atoms with E-state index in [4.69, 9.17) is 11.6 Å². The monoisotopic (exact) mass is 416 g/mol. The van der Waals surface area contributed by atoms with E-state index in [0.717, 1.165) is 35.0 Å². The molecule has 2 nitrogen and oxygen atoms in total. The van der Waals surface area contributed by atoms with E-state index in [1.807, 2.05) is 36.4 Å². The Hall–Kier alpha value is -0.620. The second-order valence-electron chi connectivity index (χ2n) is 3.86. The molecule has 0 aliphatic carbocycles. The van der Waals surface area contributed by atoms with E-state index < -0.39 is 0 Å². The van der Waals surface area contributed by atoms with Gasteiger partial charge in [0.2, 0.25) is 0 Å². The number of benzene rings is 2. The molecule has 0 saturated carbocycles. The smallest absolute Gasteiger partial charge is 0.188 e. The highest BCUT2D eigenvalue weighted by Gasteiger charge is 2.08. The molecule has 0 radical (unpaired) electrons. The molecule has 1 heterocycles. The Morgan fingerprint density at radius 2 is 2.00 bits per heavy atom. The number of fused-ring (bicyclic) bond motifs is 1. The lowest BCUT2D eigenvalue weighted by molar-refractivity contribution is 1.43. The SMILES string of the molecule is Clc1cccc2nc(Nc3cc(Br)ccc3Br)sc12. The zero-order valence-electron chi connectivity index (χ0n) is 9.45. The van der Waals surface area contributed by atoms with E-state index in [0.29, 0.717) is 0 Å². The van der Waals surface area contributed by atoms with E-state index in [-0.39, 0.29) is 0 Å². The molecule has 3 aromatic rings. The maximum atomic E-state index is 6.16. The van der Waals surface area contributed by atoms with Gasteiger partial charge in [-0.25, -0.2) is 4.98 Å². The summed E-state index contributed by atoms with van der Waals surface area (Å²) in [5.74, 6) is 0. The van der Waals surface area contributed by atoms with Gasteiger partial charge in [0.25, 0.3) is 0 Å². The summed E-state index contributed by atoms with van der Waals surface area (Å²) in [5, 5.41) is 4.86. The second-order valence-corrected chi connectivity index (χ2v) is 7.03. The fourth-order valence-electron chi connectivity index (χ4n) is 1.68. The van der Waals surface area contributed by atoms with Gasteiger partial charge >= 0.3 is 0 Å². The minimum absolute atomic E-state index is 0.733. The van der Waals surface area contributed by atoms with Crippen LogP contribution in [0.4, 0.5) is 10.8 Å². The Morgan fingerprint density at radius 3 is 2.79 bits per heavy atom. The van der Waals surface area contributed by atoms with Gasteiger partial charge in [0.1, 0.15) is 0 Å². The maximum absolute atomic E-state index is 6.16. The van der Waals surface area contributed by atoms with Gasteiger partial charge in [-0.1, -0.05) is 44.9 Å². The van der Waals surface area contributed by atoms with E-state index in [2.05, 4.69) is 42.2 Å². The molecule has 0 fully saturated rings. The molecule has 96 valence electrons. The lowest BCUT2D eigenvalue weighted by Gasteiger charge is -2.05. The molecule has 0 unspecified atom stereocenters. The van der Waals surface area contributed by atoms with Crippen LogP contribution in [0.25, 0.3) is 10.2 Å². The van der Waals surface area contributed by atoms with Crippen molar-refractivity contribution in [2.24, 2.45) is 0 Å². The lowest BCUT2D eigenvalue weighted by Crippen LogP contribution is -1.90. The van der Waals surface area contributed by atoms with Crippen LogP contribution in [0, 0.1) is 0 Å². The van der Waals surface area contributed by atoms with Gasteiger partial charge in [-0.3, -0.25) is 0 Å². The molecular formula is C13H7Br2ClN2S. The number of anilines is 2.